The zero-order valence-corrected chi connectivity index (χ0v) is 11.4. The van der Waals surface area contributed by atoms with E-state index in [9.17, 15) is 4.39 Å². The minimum Gasteiger partial charge on any atom is -0.308 e. The topological polar surface area (TPSA) is 29.9 Å². The van der Waals surface area contributed by atoms with Crippen molar-refractivity contribution in [3.63, 3.8) is 0 Å². The number of halogens is 1. The monoisotopic (exact) mass is 275 g/mol. The van der Waals surface area contributed by atoms with Crippen LogP contribution in [0.25, 0.3) is 10.1 Å². The molecule has 0 saturated heterocycles. The minimum atomic E-state index is -0.180. The fraction of sp³-hybridized carbons (Fsp3) is 0.214. The fourth-order valence-electron chi connectivity index (χ4n) is 2.05. The van der Waals surface area contributed by atoms with E-state index in [1.165, 1.54) is 10.9 Å². The van der Waals surface area contributed by atoms with Crippen molar-refractivity contribution in [3.8, 4) is 0 Å². The summed E-state index contributed by atoms with van der Waals surface area (Å²) in [7, 11) is 1.91. The van der Waals surface area contributed by atoms with Gasteiger partial charge >= 0.3 is 0 Å². The van der Waals surface area contributed by atoms with Crippen LogP contribution in [0.15, 0.2) is 36.7 Å². The molecule has 98 valence electrons. The molecule has 3 aromatic rings. The molecule has 2 aromatic heterocycles. The molecule has 0 radical (unpaired) electrons. The van der Waals surface area contributed by atoms with E-state index in [0.29, 0.717) is 0 Å². The second-order valence-corrected chi connectivity index (χ2v) is 5.69. The Kier molecular flexibility index (Phi) is 3.31. The second-order valence-electron chi connectivity index (χ2n) is 4.52. The molecule has 3 nitrogen and oxygen atoms in total. The van der Waals surface area contributed by atoms with E-state index >= 15 is 0 Å². The van der Waals surface area contributed by atoms with Crippen molar-refractivity contribution in [2.24, 2.45) is 7.05 Å². The van der Waals surface area contributed by atoms with Crippen molar-refractivity contribution in [1.29, 1.82) is 0 Å². The van der Waals surface area contributed by atoms with Gasteiger partial charge in [-0.3, -0.25) is 4.68 Å². The largest absolute Gasteiger partial charge is 0.308 e. The van der Waals surface area contributed by atoms with Gasteiger partial charge in [0.05, 0.1) is 6.20 Å². The number of aromatic nitrogens is 2. The number of aryl methyl sites for hydroxylation is 1. The Labute approximate surface area is 114 Å². The van der Waals surface area contributed by atoms with Crippen LogP contribution in [-0.4, -0.2) is 9.78 Å². The van der Waals surface area contributed by atoms with E-state index in [-0.39, 0.29) is 5.82 Å². The van der Waals surface area contributed by atoms with Gasteiger partial charge in [0.1, 0.15) is 5.82 Å². The zero-order valence-electron chi connectivity index (χ0n) is 10.6. The molecule has 0 unspecified atom stereocenters. The standard InChI is InChI=1S/C14H14FN3S/c1-18-9-10(7-17-18)6-16-8-13-5-11-4-12(15)2-3-14(11)19-13/h2-5,7,9,16H,6,8H2,1H3. The molecule has 0 amide bonds. The first-order chi connectivity index (χ1) is 9.20. The maximum atomic E-state index is 13.1. The number of fused-ring (bicyclic) bond motifs is 1. The molecule has 0 bridgehead atoms. The van der Waals surface area contributed by atoms with Crippen molar-refractivity contribution in [3.05, 3.63) is 52.9 Å². The Morgan fingerprint density at radius 3 is 3.00 bits per heavy atom. The average Bonchev–Trinajstić information content (AvgIpc) is 2.95. The third-order valence-corrected chi connectivity index (χ3v) is 4.03. The van der Waals surface area contributed by atoms with Gasteiger partial charge in [0, 0.05) is 41.5 Å². The number of rotatable bonds is 4. The number of hydrogen-bond donors (Lipinski definition) is 1. The Balaban J connectivity index is 1.65. The van der Waals surface area contributed by atoms with Crippen molar-refractivity contribution < 1.29 is 4.39 Å². The van der Waals surface area contributed by atoms with Gasteiger partial charge < -0.3 is 5.32 Å². The van der Waals surface area contributed by atoms with Gasteiger partial charge in [-0.25, -0.2) is 4.39 Å². The molecule has 0 aliphatic rings. The predicted octanol–water partition coefficient (Wildman–Crippen LogP) is 3.06. The van der Waals surface area contributed by atoms with Crippen LogP contribution >= 0.6 is 11.3 Å². The Bertz CT molecular complexity index is 702. The summed E-state index contributed by atoms with van der Waals surface area (Å²) in [5.74, 6) is -0.180. The maximum Gasteiger partial charge on any atom is 0.123 e. The van der Waals surface area contributed by atoms with Crippen LogP contribution in [0.4, 0.5) is 4.39 Å². The molecular weight excluding hydrogens is 261 g/mol. The third-order valence-electron chi connectivity index (χ3n) is 2.92. The smallest absolute Gasteiger partial charge is 0.123 e. The average molecular weight is 275 g/mol. The van der Waals surface area contributed by atoms with Crippen LogP contribution in [0.5, 0.6) is 0 Å². The summed E-state index contributed by atoms with van der Waals surface area (Å²) in [5.41, 5.74) is 1.16. The summed E-state index contributed by atoms with van der Waals surface area (Å²) in [6.45, 7) is 1.58. The molecule has 1 N–H and O–H groups in total. The highest BCUT2D eigenvalue weighted by atomic mass is 32.1. The first kappa shape index (κ1) is 12.3. The van der Waals surface area contributed by atoms with Crippen LogP contribution in [-0.2, 0) is 20.1 Å². The lowest BCUT2D eigenvalue weighted by Gasteiger charge is -1.99. The first-order valence-electron chi connectivity index (χ1n) is 6.07. The van der Waals surface area contributed by atoms with Crippen LogP contribution in [0, 0.1) is 5.82 Å². The van der Waals surface area contributed by atoms with Crippen LogP contribution in [0.1, 0.15) is 10.4 Å². The summed E-state index contributed by atoms with van der Waals surface area (Å²) in [6.07, 6.45) is 3.85. The van der Waals surface area contributed by atoms with E-state index in [0.717, 1.165) is 28.7 Å². The van der Waals surface area contributed by atoms with E-state index in [2.05, 4.69) is 10.4 Å². The van der Waals surface area contributed by atoms with Gasteiger partial charge in [0.15, 0.2) is 0 Å². The van der Waals surface area contributed by atoms with E-state index < -0.39 is 0 Å². The van der Waals surface area contributed by atoms with Crippen molar-refractivity contribution >= 4 is 21.4 Å². The highest BCUT2D eigenvalue weighted by Gasteiger charge is 2.03. The van der Waals surface area contributed by atoms with Crippen molar-refractivity contribution in [1.82, 2.24) is 15.1 Å². The van der Waals surface area contributed by atoms with Gasteiger partial charge in [-0.1, -0.05) is 0 Å². The number of benzene rings is 1. The molecule has 0 aliphatic carbocycles. The van der Waals surface area contributed by atoms with Gasteiger partial charge in [0.2, 0.25) is 0 Å². The van der Waals surface area contributed by atoms with Gasteiger partial charge in [-0.2, -0.15) is 5.10 Å². The summed E-state index contributed by atoms with van der Waals surface area (Å²) in [4.78, 5) is 1.21. The summed E-state index contributed by atoms with van der Waals surface area (Å²) in [5, 5.41) is 8.47. The van der Waals surface area contributed by atoms with Gasteiger partial charge in [-0.15, -0.1) is 11.3 Å². The molecule has 19 heavy (non-hydrogen) atoms. The zero-order chi connectivity index (χ0) is 13.2. The molecule has 5 heteroatoms. The maximum absolute atomic E-state index is 13.1. The molecule has 2 heterocycles. The lowest BCUT2D eigenvalue weighted by Crippen LogP contribution is -2.11. The fourth-order valence-corrected chi connectivity index (χ4v) is 3.06. The normalized spacial score (nSPS) is 11.3. The highest BCUT2D eigenvalue weighted by molar-refractivity contribution is 7.19. The van der Waals surface area contributed by atoms with Crippen molar-refractivity contribution in [2.45, 2.75) is 13.1 Å². The van der Waals surface area contributed by atoms with E-state index in [1.807, 2.05) is 31.6 Å². The third kappa shape index (κ3) is 2.83. The van der Waals surface area contributed by atoms with E-state index in [1.54, 1.807) is 22.1 Å². The summed E-state index contributed by atoms with van der Waals surface area (Å²) in [6, 6.07) is 6.96. The SMILES string of the molecule is Cn1cc(CNCc2cc3cc(F)ccc3s2)cn1. The summed E-state index contributed by atoms with van der Waals surface area (Å²) >= 11 is 1.70. The number of nitrogens with one attached hydrogen (secondary N) is 1. The van der Waals surface area contributed by atoms with Crippen LogP contribution in [0.2, 0.25) is 0 Å². The van der Waals surface area contributed by atoms with E-state index in [4.69, 9.17) is 0 Å². The lowest BCUT2D eigenvalue weighted by atomic mass is 10.2. The molecule has 0 atom stereocenters. The Morgan fingerprint density at radius 1 is 1.32 bits per heavy atom. The molecule has 1 aromatic carbocycles. The number of hydrogen-bond acceptors (Lipinski definition) is 3. The number of nitrogens with zero attached hydrogens (tertiary/aromatic N) is 2. The quantitative estimate of drug-likeness (QED) is 0.793. The molecule has 0 spiro atoms. The molecular formula is C14H14FN3S. The molecule has 0 saturated carbocycles. The van der Waals surface area contributed by atoms with Crippen molar-refractivity contribution in [2.75, 3.05) is 0 Å². The molecule has 3 rings (SSSR count). The predicted molar refractivity (Wildman–Crippen MR) is 75.5 cm³/mol. The second kappa shape index (κ2) is 5.11. The molecule has 0 fully saturated rings. The Hall–Kier alpha value is -1.72. The van der Waals surface area contributed by atoms with Gasteiger partial charge in [0.25, 0.3) is 0 Å². The van der Waals surface area contributed by atoms with Crippen LogP contribution < -0.4 is 5.32 Å². The molecule has 0 aliphatic heterocycles. The highest BCUT2D eigenvalue weighted by Crippen LogP contribution is 2.26. The summed E-state index contributed by atoms with van der Waals surface area (Å²) < 4.78 is 16.0. The van der Waals surface area contributed by atoms with Crippen LogP contribution in [0.3, 0.4) is 0 Å². The Morgan fingerprint density at radius 2 is 2.21 bits per heavy atom. The van der Waals surface area contributed by atoms with Gasteiger partial charge in [-0.05, 0) is 29.7 Å². The number of thiophene rings is 1. The lowest BCUT2D eigenvalue weighted by molar-refractivity contribution is 0.630. The first-order valence-corrected chi connectivity index (χ1v) is 6.88. The minimum absolute atomic E-state index is 0.180.